The fraction of sp³-hybridized carbons (Fsp3) is 0.462. The van der Waals surface area contributed by atoms with Gasteiger partial charge in [-0.1, -0.05) is 6.92 Å². The van der Waals surface area contributed by atoms with Gasteiger partial charge in [0.15, 0.2) is 5.75 Å². The Morgan fingerprint density at radius 3 is 2.67 bits per heavy atom. The van der Waals surface area contributed by atoms with Gasteiger partial charge in [-0.2, -0.15) is 0 Å². The predicted molar refractivity (Wildman–Crippen MR) is 76.4 cm³/mol. The lowest BCUT2D eigenvalue weighted by Gasteiger charge is -2.26. The molecule has 21 heavy (non-hydrogen) atoms. The number of benzene rings is 1. The quantitative estimate of drug-likeness (QED) is 0.542. The predicted octanol–water partition coefficient (Wildman–Crippen LogP) is 0.836. The molecule has 1 aromatic carbocycles. The van der Waals surface area contributed by atoms with E-state index in [1.807, 2.05) is 6.92 Å². The Balaban J connectivity index is 2.97. The van der Waals surface area contributed by atoms with Crippen LogP contribution in [0.2, 0.25) is 0 Å². The van der Waals surface area contributed by atoms with Gasteiger partial charge in [-0.25, -0.2) is 0 Å². The average molecular weight is 297 g/mol. The number of ether oxygens (including phenoxy) is 2. The lowest BCUT2D eigenvalue weighted by Crippen LogP contribution is -2.57. The minimum absolute atomic E-state index is 0.0474. The Labute approximate surface area is 122 Å². The lowest BCUT2D eigenvalue weighted by molar-refractivity contribution is -0.386. The van der Waals surface area contributed by atoms with Crippen molar-refractivity contribution in [3.05, 3.63) is 28.3 Å². The Morgan fingerprint density at radius 2 is 2.19 bits per heavy atom. The molecule has 8 nitrogen and oxygen atoms in total. The molecule has 8 heteroatoms. The van der Waals surface area contributed by atoms with Crippen molar-refractivity contribution in [3.8, 4) is 11.5 Å². The summed E-state index contributed by atoms with van der Waals surface area (Å²) in [5.41, 5.74) is 3.98. The number of nitrogens with two attached hydrogens (primary N) is 1. The third-order valence-electron chi connectivity index (χ3n) is 2.99. The molecule has 0 bridgehead atoms. The van der Waals surface area contributed by atoms with Gasteiger partial charge in [0.2, 0.25) is 5.91 Å². The van der Waals surface area contributed by atoms with Crippen LogP contribution in [0.1, 0.15) is 13.8 Å². The second-order valence-corrected chi connectivity index (χ2v) is 4.61. The summed E-state index contributed by atoms with van der Waals surface area (Å²) >= 11 is 0. The first-order chi connectivity index (χ1) is 9.84. The first-order valence-electron chi connectivity index (χ1n) is 6.34. The van der Waals surface area contributed by atoms with Crippen molar-refractivity contribution in [3.63, 3.8) is 0 Å². The summed E-state index contributed by atoms with van der Waals surface area (Å²) in [6.45, 7) is 3.78. The van der Waals surface area contributed by atoms with E-state index < -0.39 is 16.4 Å². The maximum Gasteiger partial charge on any atom is 0.314 e. The molecule has 116 valence electrons. The number of methoxy groups -OCH3 is 1. The maximum absolute atomic E-state index is 11.5. The second kappa shape index (κ2) is 6.89. The summed E-state index contributed by atoms with van der Waals surface area (Å²) in [6, 6.07) is 4.21. The number of carbonyl (C=O) groups excluding carboxylic acids is 1. The van der Waals surface area contributed by atoms with E-state index in [9.17, 15) is 14.9 Å². The Bertz CT molecular complexity index is 535. The summed E-state index contributed by atoms with van der Waals surface area (Å²) in [6.07, 6.45) is 0. The van der Waals surface area contributed by atoms with Crippen LogP contribution in [-0.4, -0.2) is 36.6 Å². The largest absolute Gasteiger partial charge is 0.496 e. The van der Waals surface area contributed by atoms with Crippen LogP contribution in [0.5, 0.6) is 11.5 Å². The molecular formula is C13H19N3O5. The molecule has 0 aliphatic rings. The lowest BCUT2D eigenvalue weighted by atomic mass is 10.0. The minimum atomic E-state index is -1.11. The number of nitro benzene ring substituents is 1. The summed E-state index contributed by atoms with van der Waals surface area (Å²) in [7, 11) is 1.41. The van der Waals surface area contributed by atoms with E-state index in [-0.39, 0.29) is 18.0 Å². The topological polar surface area (TPSA) is 117 Å². The Kier molecular flexibility index (Phi) is 5.48. The summed E-state index contributed by atoms with van der Waals surface area (Å²) in [5, 5.41) is 13.9. The minimum Gasteiger partial charge on any atom is -0.496 e. The van der Waals surface area contributed by atoms with Crippen LogP contribution in [0.15, 0.2) is 18.2 Å². The van der Waals surface area contributed by atoms with Gasteiger partial charge < -0.3 is 20.5 Å². The van der Waals surface area contributed by atoms with Crippen molar-refractivity contribution in [1.82, 2.24) is 5.32 Å². The van der Waals surface area contributed by atoms with E-state index >= 15 is 0 Å². The smallest absolute Gasteiger partial charge is 0.314 e. The van der Waals surface area contributed by atoms with E-state index in [4.69, 9.17) is 15.2 Å². The number of nitrogens with zero attached hydrogens (tertiary/aromatic N) is 1. The van der Waals surface area contributed by atoms with Crippen LogP contribution in [0.25, 0.3) is 0 Å². The fourth-order valence-electron chi connectivity index (χ4n) is 1.71. The molecule has 1 amide bonds. The average Bonchev–Trinajstić information content (AvgIpc) is 2.45. The molecule has 0 heterocycles. The van der Waals surface area contributed by atoms with Gasteiger partial charge in [-0.05, 0) is 25.6 Å². The zero-order chi connectivity index (χ0) is 16.0. The highest BCUT2D eigenvalue weighted by molar-refractivity contribution is 5.84. The number of rotatable bonds is 8. The summed E-state index contributed by atoms with van der Waals surface area (Å²) in [4.78, 5) is 21.9. The number of likely N-dealkylation sites (N-methyl/N-ethyl adjacent to an activating group) is 1. The van der Waals surface area contributed by atoms with Gasteiger partial charge in [-0.15, -0.1) is 0 Å². The number of amides is 1. The van der Waals surface area contributed by atoms with Gasteiger partial charge in [-0.3, -0.25) is 14.9 Å². The van der Waals surface area contributed by atoms with Crippen LogP contribution < -0.4 is 20.5 Å². The SMILES string of the molecule is CCNC(C)(COc1ccc(OC)cc1[N+](=O)[O-])C(N)=O. The number of primary amides is 1. The standard InChI is InChI=1S/C13H19N3O5/c1-4-15-13(2,12(14)17)8-21-11-6-5-9(20-3)7-10(11)16(18)19/h5-7,15H,4,8H2,1-3H3,(H2,14,17). The molecule has 0 saturated heterocycles. The van der Waals surface area contributed by atoms with Crippen LogP contribution in [0.4, 0.5) is 5.69 Å². The monoisotopic (exact) mass is 297 g/mol. The van der Waals surface area contributed by atoms with Gasteiger partial charge in [0.25, 0.3) is 0 Å². The molecule has 1 atom stereocenters. The third-order valence-corrected chi connectivity index (χ3v) is 2.99. The maximum atomic E-state index is 11.5. The number of hydrogen-bond donors (Lipinski definition) is 2. The fourth-order valence-corrected chi connectivity index (χ4v) is 1.71. The van der Waals surface area contributed by atoms with E-state index in [1.165, 1.54) is 25.3 Å². The highest BCUT2D eigenvalue weighted by Gasteiger charge is 2.32. The van der Waals surface area contributed by atoms with Crippen LogP contribution in [0, 0.1) is 10.1 Å². The molecule has 1 aromatic rings. The van der Waals surface area contributed by atoms with E-state index in [0.717, 1.165) is 0 Å². The number of nitrogens with one attached hydrogen (secondary N) is 1. The van der Waals surface area contributed by atoms with Gasteiger partial charge in [0, 0.05) is 0 Å². The van der Waals surface area contributed by atoms with Crippen molar-refractivity contribution in [1.29, 1.82) is 0 Å². The molecule has 0 spiro atoms. The van der Waals surface area contributed by atoms with Crippen molar-refractivity contribution in [2.24, 2.45) is 5.73 Å². The van der Waals surface area contributed by atoms with E-state index in [1.54, 1.807) is 6.92 Å². The van der Waals surface area contributed by atoms with Crippen molar-refractivity contribution >= 4 is 11.6 Å². The molecule has 0 fully saturated rings. The Hall–Kier alpha value is -2.35. The van der Waals surface area contributed by atoms with Crippen LogP contribution >= 0.6 is 0 Å². The van der Waals surface area contributed by atoms with Gasteiger partial charge in [0.1, 0.15) is 17.9 Å². The van der Waals surface area contributed by atoms with Crippen LogP contribution in [-0.2, 0) is 4.79 Å². The Morgan fingerprint density at radius 1 is 1.52 bits per heavy atom. The summed E-state index contributed by atoms with van der Waals surface area (Å²) in [5.74, 6) is -0.204. The van der Waals surface area contributed by atoms with Crippen molar-refractivity contribution < 1.29 is 19.2 Å². The molecule has 0 aliphatic heterocycles. The molecule has 0 radical (unpaired) electrons. The van der Waals surface area contributed by atoms with Gasteiger partial charge >= 0.3 is 5.69 Å². The summed E-state index contributed by atoms with van der Waals surface area (Å²) < 4.78 is 10.4. The van der Waals surface area contributed by atoms with E-state index in [0.29, 0.717) is 12.3 Å². The van der Waals surface area contributed by atoms with E-state index in [2.05, 4.69) is 5.32 Å². The second-order valence-electron chi connectivity index (χ2n) is 4.61. The van der Waals surface area contributed by atoms with Gasteiger partial charge in [0.05, 0.1) is 18.1 Å². The van der Waals surface area contributed by atoms with Crippen LogP contribution in [0.3, 0.4) is 0 Å². The zero-order valence-electron chi connectivity index (χ0n) is 12.2. The first kappa shape index (κ1) is 16.7. The number of nitro groups is 1. The first-order valence-corrected chi connectivity index (χ1v) is 6.34. The molecule has 3 N–H and O–H groups in total. The molecule has 0 aliphatic carbocycles. The molecule has 1 rings (SSSR count). The molecule has 1 unspecified atom stereocenters. The molecule has 0 aromatic heterocycles. The molecule has 0 saturated carbocycles. The molecular weight excluding hydrogens is 278 g/mol. The zero-order valence-corrected chi connectivity index (χ0v) is 12.2. The van der Waals surface area contributed by atoms with Crippen molar-refractivity contribution in [2.75, 3.05) is 20.3 Å². The third kappa shape index (κ3) is 4.06. The highest BCUT2D eigenvalue weighted by atomic mass is 16.6. The van der Waals surface area contributed by atoms with Crippen molar-refractivity contribution in [2.45, 2.75) is 19.4 Å². The highest BCUT2D eigenvalue weighted by Crippen LogP contribution is 2.31. The number of carbonyl (C=O) groups is 1. The normalized spacial score (nSPS) is 13.3. The number of hydrogen-bond acceptors (Lipinski definition) is 6.